The molecule has 1 aromatic heterocycles. The Labute approximate surface area is 118 Å². The van der Waals surface area contributed by atoms with E-state index in [1.54, 1.807) is 6.20 Å². The summed E-state index contributed by atoms with van der Waals surface area (Å²) >= 11 is 0. The van der Waals surface area contributed by atoms with Crippen LogP contribution < -0.4 is 5.32 Å². The lowest BCUT2D eigenvalue weighted by molar-refractivity contribution is -0.127. The van der Waals surface area contributed by atoms with E-state index in [0.717, 1.165) is 43.7 Å². The molecule has 1 aromatic rings. The van der Waals surface area contributed by atoms with Gasteiger partial charge in [-0.2, -0.15) is 5.26 Å². The van der Waals surface area contributed by atoms with Crippen LogP contribution in [-0.4, -0.2) is 40.4 Å². The van der Waals surface area contributed by atoms with Crippen LogP contribution in [0.5, 0.6) is 0 Å². The third-order valence-corrected chi connectivity index (χ3v) is 3.38. The van der Waals surface area contributed by atoms with Crippen molar-refractivity contribution in [2.75, 3.05) is 25.0 Å². The average molecular weight is 273 g/mol. The van der Waals surface area contributed by atoms with Gasteiger partial charge in [-0.25, -0.2) is 9.97 Å². The first-order valence-electron chi connectivity index (χ1n) is 6.92. The van der Waals surface area contributed by atoms with E-state index in [0.29, 0.717) is 18.8 Å². The summed E-state index contributed by atoms with van der Waals surface area (Å²) in [5, 5.41) is 11.9. The first-order valence-corrected chi connectivity index (χ1v) is 6.92. The van der Waals surface area contributed by atoms with Crippen LogP contribution in [0.3, 0.4) is 0 Å². The number of hydrogen-bond donors (Lipinski definition) is 1. The molecule has 0 radical (unpaired) electrons. The number of carbonyl (C=O) groups excluding carboxylic acids is 1. The molecule has 2 rings (SSSR count). The lowest BCUT2D eigenvalue weighted by atomic mass is 10.2. The molecule has 6 nitrogen and oxygen atoms in total. The molecule has 1 aliphatic heterocycles. The van der Waals surface area contributed by atoms with Crippen molar-refractivity contribution >= 4 is 11.9 Å². The fourth-order valence-corrected chi connectivity index (χ4v) is 2.23. The van der Waals surface area contributed by atoms with Crippen LogP contribution in [0.2, 0.25) is 0 Å². The monoisotopic (exact) mass is 273 g/mol. The zero-order valence-corrected chi connectivity index (χ0v) is 11.7. The minimum absolute atomic E-state index is 0.257. The van der Waals surface area contributed by atoms with Gasteiger partial charge in [-0.1, -0.05) is 0 Å². The van der Waals surface area contributed by atoms with Gasteiger partial charge in [-0.15, -0.1) is 0 Å². The van der Waals surface area contributed by atoms with Crippen LogP contribution >= 0.6 is 0 Å². The molecule has 106 valence electrons. The molecule has 0 aromatic carbocycles. The number of carbonyl (C=O) groups is 1. The predicted octanol–water partition coefficient (Wildman–Crippen LogP) is 1.28. The summed E-state index contributed by atoms with van der Waals surface area (Å²) in [6, 6.07) is 2.10. The number of anilines is 1. The maximum Gasteiger partial charge on any atom is 0.222 e. The number of likely N-dealkylation sites (tertiary alicyclic amines) is 1. The number of nitrogens with one attached hydrogen (secondary N) is 1. The number of aryl methyl sites for hydroxylation is 1. The molecule has 0 bridgehead atoms. The van der Waals surface area contributed by atoms with Crippen molar-refractivity contribution in [2.45, 2.75) is 32.6 Å². The summed E-state index contributed by atoms with van der Waals surface area (Å²) in [7, 11) is 0. The van der Waals surface area contributed by atoms with Gasteiger partial charge in [-0.3, -0.25) is 4.79 Å². The second-order valence-electron chi connectivity index (χ2n) is 4.92. The van der Waals surface area contributed by atoms with E-state index < -0.39 is 0 Å². The largest absolute Gasteiger partial charge is 0.354 e. The van der Waals surface area contributed by atoms with E-state index in [2.05, 4.69) is 21.4 Å². The van der Waals surface area contributed by atoms with Crippen molar-refractivity contribution in [3.63, 3.8) is 0 Å². The van der Waals surface area contributed by atoms with Gasteiger partial charge in [0.2, 0.25) is 11.9 Å². The molecule has 1 fully saturated rings. The minimum Gasteiger partial charge on any atom is -0.354 e. The highest BCUT2D eigenvalue weighted by Crippen LogP contribution is 2.10. The second kappa shape index (κ2) is 6.85. The molecular weight excluding hydrogens is 254 g/mol. The average Bonchev–Trinajstić information content (AvgIpc) is 2.84. The van der Waals surface area contributed by atoms with Crippen molar-refractivity contribution < 1.29 is 4.79 Å². The molecular formula is C14H19N5O. The van der Waals surface area contributed by atoms with Gasteiger partial charge in [0.05, 0.1) is 18.2 Å². The summed E-state index contributed by atoms with van der Waals surface area (Å²) in [5.74, 6) is 0.807. The van der Waals surface area contributed by atoms with Gasteiger partial charge < -0.3 is 10.2 Å². The molecule has 1 aliphatic rings. The highest BCUT2D eigenvalue weighted by Gasteiger charge is 2.18. The van der Waals surface area contributed by atoms with E-state index in [-0.39, 0.29) is 5.91 Å². The Morgan fingerprint density at radius 2 is 2.40 bits per heavy atom. The molecule has 0 spiro atoms. The predicted molar refractivity (Wildman–Crippen MR) is 75.0 cm³/mol. The molecule has 0 unspecified atom stereocenters. The van der Waals surface area contributed by atoms with Crippen molar-refractivity contribution in [3.8, 4) is 6.07 Å². The zero-order valence-electron chi connectivity index (χ0n) is 11.7. The molecule has 2 heterocycles. The number of rotatable bonds is 6. The van der Waals surface area contributed by atoms with E-state index >= 15 is 0 Å². The highest BCUT2D eigenvalue weighted by molar-refractivity contribution is 5.77. The van der Waals surface area contributed by atoms with Gasteiger partial charge >= 0.3 is 0 Å². The van der Waals surface area contributed by atoms with E-state index in [4.69, 9.17) is 5.26 Å². The van der Waals surface area contributed by atoms with E-state index in [1.165, 1.54) is 0 Å². The molecule has 0 atom stereocenters. The van der Waals surface area contributed by atoms with Crippen molar-refractivity contribution in [2.24, 2.45) is 0 Å². The number of nitrogens with zero attached hydrogens (tertiary/aromatic N) is 4. The summed E-state index contributed by atoms with van der Waals surface area (Å²) in [6.07, 6.45) is 4.56. The molecule has 1 amide bonds. The van der Waals surface area contributed by atoms with Gasteiger partial charge in [0.25, 0.3) is 0 Å². The molecule has 0 aliphatic carbocycles. The summed E-state index contributed by atoms with van der Waals surface area (Å²) in [5.41, 5.74) is 1.69. The van der Waals surface area contributed by atoms with Gasteiger partial charge in [-0.05, 0) is 25.3 Å². The smallest absolute Gasteiger partial charge is 0.222 e. The molecule has 1 saturated heterocycles. The highest BCUT2D eigenvalue weighted by atomic mass is 16.2. The number of aromatic nitrogens is 2. The van der Waals surface area contributed by atoms with Crippen molar-refractivity contribution in [1.29, 1.82) is 5.26 Å². The van der Waals surface area contributed by atoms with Crippen molar-refractivity contribution in [1.82, 2.24) is 14.9 Å². The third-order valence-electron chi connectivity index (χ3n) is 3.38. The van der Waals surface area contributed by atoms with Crippen LogP contribution in [0.4, 0.5) is 5.95 Å². The Kier molecular flexibility index (Phi) is 4.88. The molecule has 20 heavy (non-hydrogen) atoms. The van der Waals surface area contributed by atoms with Gasteiger partial charge in [0.1, 0.15) is 0 Å². The summed E-state index contributed by atoms with van der Waals surface area (Å²) < 4.78 is 0. The minimum atomic E-state index is 0.257. The molecule has 6 heteroatoms. The van der Waals surface area contributed by atoms with Crippen molar-refractivity contribution in [3.05, 3.63) is 17.5 Å². The maximum atomic E-state index is 11.4. The Bertz CT molecular complexity index is 523. The standard InChI is InChI=1S/C14H19N5O/c1-11-10-17-14(18-12(11)5-6-15)16-7-3-9-19-8-2-4-13(19)20/h10H,2-5,7-9H2,1H3,(H,16,17,18). The molecule has 0 saturated carbocycles. The quantitative estimate of drug-likeness (QED) is 0.789. The van der Waals surface area contributed by atoms with Gasteiger partial charge in [0.15, 0.2) is 0 Å². The lowest BCUT2D eigenvalue weighted by Crippen LogP contribution is -2.27. The summed E-state index contributed by atoms with van der Waals surface area (Å²) in [4.78, 5) is 21.9. The Balaban J connectivity index is 1.78. The molecule has 1 N–H and O–H groups in total. The van der Waals surface area contributed by atoms with Crippen LogP contribution in [0.1, 0.15) is 30.5 Å². The SMILES string of the molecule is Cc1cnc(NCCCN2CCCC2=O)nc1CC#N. The Morgan fingerprint density at radius 3 is 3.10 bits per heavy atom. The lowest BCUT2D eigenvalue weighted by Gasteiger charge is -2.15. The normalized spacial score (nSPS) is 14.4. The van der Waals surface area contributed by atoms with E-state index in [9.17, 15) is 4.79 Å². The first-order chi connectivity index (χ1) is 9.70. The summed E-state index contributed by atoms with van der Waals surface area (Å²) in [6.45, 7) is 4.28. The second-order valence-corrected chi connectivity index (χ2v) is 4.92. The van der Waals surface area contributed by atoms with Gasteiger partial charge in [0, 0.05) is 32.3 Å². The zero-order chi connectivity index (χ0) is 14.4. The van der Waals surface area contributed by atoms with Crippen LogP contribution in [0, 0.1) is 18.3 Å². The number of nitriles is 1. The van der Waals surface area contributed by atoms with Crippen LogP contribution in [0.25, 0.3) is 0 Å². The fraction of sp³-hybridized carbons (Fsp3) is 0.571. The topological polar surface area (TPSA) is 81.9 Å². The maximum absolute atomic E-state index is 11.4. The number of hydrogen-bond acceptors (Lipinski definition) is 5. The first kappa shape index (κ1) is 14.3. The number of amides is 1. The van der Waals surface area contributed by atoms with Crippen LogP contribution in [0.15, 0.2) is 6.20 Å². The Hall–Kier alpha value is -2.16. The third kappa shape index (κ3) is 3.67. The Morgan fingerprint density at radius 1 is 1.55 bits per heavy atom. The fourth-order valence-electron chi connectivity index (χ4n) is 2.23. The van der Waals surface area contributed by atoms with Crippen LogP contribution in [-0.2, 0) is 11.2 Å². The van der Waals surface area contributed by atoms with E-state index in [1.807, 2.05) is 11.8 Å².